The van der Waals surface area contributed by atoms with Gasteiger partial charge in [0.05, 0.1) is 6.61 Å². The van der Waals surface area contributed by atoms with Crippen molar-refractivity contribution in [2.24, 2.45) is 0 Å². The van der Waals surface area contributed by atoms with Gasteiger partial charge in [0, 0.05) is 21.1 Å². The molecule has 0 unspecified atom stereocenters. The van der Waals surface area contributed by atoms with Gasteiger partial charge >= 0.3 is 5.97 Å². The van der Waals surface area contributed by atoms with E-state index in [0.717, 1.165) is 5.75 Å². The molecular formula is C14H12O2S2. The molecule has 0 aliphatic carbocycles. The summed E-state index contributed by atoms with van der Waals surface area (Å²) in [7, 11) is 0. The molecule has 0 saturated heterocycles. The highest BCUT2D eigenvalue weighted by Crippen LogP contribution is 2.45. The average molecular weight is 276 g/mol. The van der Waals surface area contributed by atoms with Gasteiger partial charge in [-0.15, -0.1) is 23.1 Å². The van der Waals surface area contributed by atoms with Crippen LogP contribution in [0.2, 0.25) is 0 Å². The molecule has 1 aliphatic heterocycles. The Morgan fingerprint density at radius 2 is 2.22 bits per heavy atom. The summed E-state index contributed by atoms with van der Waals surface area (Å²) in [4.78, 5) is 15.0. The first-order valence-electron chi connectivity index (χ1n) is 5.81. The second-order valence-corrected chi connectivity index (χ2v) is 6.04. The van der Waals surface area contributed by atoms with Crippen LogP contribution in [0.5, 0.6) is 0 Å². The van der Waals surface area contributed by atoms with E-state index in [0.29, 0.717) is 11.5 Å². The van der Waals surface area contributed by atoms with E-state index in [2.05, 4.69) is 18.2 Å². The molecular weight excluding hydrogens is 264 g/mol. The molecule has 92 valence electrons. The summed E-state index contributed by atoms with van der Waals surface area (Å²) in [6.45, 7) is 2.25. The van der Waals surface area contributed by atoms with Crippen molar-refractivity contribution >= 4 is 29.1 Å². The van der Waals surface area contributed by atoms with Gasteiger partial charge in [0.2, 0.25) is 0 Å². The molecule has 0 saturated carbocycles. The van der Waals surface area contributed by atoms with Crippen LogP contribution in [0.3, 0.4) is 0 Å². The van der Waals surface area contributed by atoms with Gasteiger partial charge in [-0.05, 0) is 24.6 Å². The van der Waals surface area contributed by atoms with Crippen LogP contribution in [0.4, 0.5) is 0 Å². The lowest BCUT2D eigenvalue weighted by Crippen LogP contribution is -2.01. The number of carbonyl (C=O) groups excluding carboxylic acids is 1. The number of thioether (sulfide) groups is 1. The van der Waals surface area contributed by atoms with Crippen molar-refractivity contribution in [3.05, 3.63) is 40.8 Å². The van der Waals surface area contributed by atoms with Gasteiger partial charge in [0.15, 0.2) is 0 Å². The van der Waals surface area contributed by atoms with Crippen LogP contribution >= 0.6 is 23.1 Å². The molecule has 2 nitrogen and oxygen atoms in total. The van der Waals surface area contributed by atoms with Crippen molar-refractivity contribution in [3.63, 3.8) is 0 Å². The van der Waals surface area contributed by atoms with E-state index in [4.69, 9.17) is 4.74 Å². The van der Waals surface area contributed by atoms with Crippen LogP contribution in [0, 0.1) is 0 Å². The molecule has 0 spiro atoms. The van der Waals surface area contributed by atoms with E-state index >= 15 is 0 Å². The van der Waals surface area contributed by atoms with Crippen molar-refractivity contribution in [2.75, 3.05) is 6.61 Å². The van der Waals surface area contributed by atoms with Crippen LogP contribution in [0.25, 0.3) is 10.4 Å². The smallest absolute Gasteiger partial charge is 0.348 e. The third kappa shape index (κ3) is 1.95. The van der Waals surface area contributed by atoms with Gasteiger partial charge in [0.25, 0.3) is 0 Å². The highest BCUT2D eigenvalue weighted by Gasteiger charge is 2.22. The largest absolute Gasteiger partial charge is 0.462 e. The molecule has 0 atom stereocenters. The third-order valence-electron chi connectivity index (χ3n) is 2.80. The zero-order valence-corrected chi connectivity index (χ0v) is 11.6. The monoisotopic (exact) mass is 276 g/mol. The van der Waals surface area contributed by atoms with Gasteiger partial charge < -0.3 is 4.74 Å². The van der Waals surface area contributed by atoms with Gasteiger partial charge in [-0.1, -0.05) is 18.2 Å². The summed E-state index contributed by atoms with van der Waals surface area (Å²) >= 11 is 3.36. The molecule has 4 heteroatoms. The number of rotatable bonds is 2. The fourth-order valence-corrected chi connectivity index (χ4v) is 4.31. The number of carbonyl (C=O) groups is 1. The van der Waals surface area contributed by atoms with Crippen molar-refractivity contribution < 1.29 is 9.53 Å². The Kier molecular flexibility index (Phi) is 3.14. The second kappa shape index (κ2) is 4.78. The molecule has 0 amide bonds. The topological polar surface area (TPSA) is 26.3 Å². The van der Waals surface area contributed by atoms with Crippen LogP contribution in [0.15, 0.2) is 35.2 Å². The Labute approximate surface area is 114 Å². The van der Waals surface area contributed by atoms with E-state index in [-0.39, 0.29) is 5.97 Å². The minimum Gasteiger partial charge on any atom is -0.462 e. The van der Waals surface area contributed by atoms with E-state index < -0.39 is 0 Å². The lowest BCUT2D eigenvalue weighted by molar-refractivity contribution is 0.0532. The normalized spacial score (nSPS) is 12.7. The number of hydrogen-bond donors (Lipinski definition) is 0. The molecule has 1 aromatic carbocycles. The Morgan fingerprint density at radius 1 is 1.39 bits per heavy atom. The molecule has 3 rings (SSSR count). The maximum atomic E-state index is 11.8. The highest BCUT2D eigenvalue weighted by molar-refractivity contribution is 7.98. The number of thiophene rings is 1. The van der Waals surface area contributed by atoms with Crippen LogP contribution in [0.1, 0.15) is 22.2 Å². The van der Waals surface area contributed by atoms with Gasteiger partial charge in [-0.3, -0.25) is 0 Å². The van der Waals surface area contributed by atoms with Crippen molar-refractivity contribution in [1.29, 1.82) is 0 Å². The van der Waals surface area contributed by atoms with Crippen LogP contribution in [-0.2, 0) is 10.5 Å². The first-order valence-corrected chi connectivity index (χ1v) is 7.62. The summed E-state index contributed by atoms with van der Waals surface area (Å²) in [5.74, 6) is 0.724. The van der Waals surface area contributed by atoms with Gasteiger partial charge in [-0.2, -0.15) is 0 Å². The molecule has 2 aromatic rings. The fourth-order valence-electron chi connectivity index (χ4n) is 2.00. The van der Waals surface area contributed by atoms with Crippen molar-refractivity contribution in [1.82, 2.24) is 0 Å². The maximum absolute atomic E-state index is 11.8. The second-order valence-electron chi connectivity index (χ2n) is 3.97. The van der Waals surface area contributed by atoms with E-state index in [1.165, 1.54) is 32.2 Å². The summed E-state index contributed by atoms with van der Waals surface area (Å²) in [5.41, 5.74) is 2.48. The predicted molar refractivity (Wildman–Crippen MR) is 75.3 cm³/mol. The van der Waals surface area contributed by atoms with Gasteiger partial charge in [0.1, 0.15) is 4.88 Å². The molecule has 2 heterocycles. The number of ether oxygens (including phenoxy) is 1. The van der Waals surface area contributed by atoms with Gasteiger partial charge in [-0.25, -0.2) is 4.79 Å². The minimum atomic E-state index is -0.209. The van der Waals surface area contributed by atoms with Crippen LogP contribution < -0.4 is 0 Å². The SMILES string of the molecule is CCOC(=O)c1cc2c(s1)-c1ccccc1SC2. The van der Waals surface area contributed by atoms with E-state index in [1.807, 2.05) is 30.8 Å². The van der Waals surface area contributed by atoms with Crippen molar-refractivity contribution in [2.45, 2.75) is 17.6 Å². The fraction of sp³-hybridized carbons (Fsp3) is 0.214. The zero-order valence-electron chi connectivity index (χ0n) is 9.93. The lowest BCUT2D eigenvalue weighted by atomic mass is 10.1. The molecule has 0 bridgehead atoms. The summed E-state index contributed by atoms with van der Waals surface area (Å²) in [6, 6.07) is 10.3. The third-order valence-corrected chi connectivity index (χ3v) is 5.11. The molecule has 1 aromatic heterocycles. The summed E-state index contributed by atoms with van der Waals surface area (Å²) in [5, 5.41) is 0. The molecule has 18 heavy (non-hydrogen) atoms. The Bertz CT molecular complexity index is 602. The molecule has 1 aliphatic rings. The summed E-state index contributed by atoms with van der Waals surface area (Å²) in [6.07, 6.45) is 0. The van der Waals surface area contributed by atoms with Crippen LogP contribution in [-0.4, -0.2) is 12.6 Å². The standard InChI is InChI=1S/C14H12O2S2/c1-2-16-14(15)12-7-9-8-17-11-6-4-3-5-10(11)13(9)18-12/h3-7H,2,8H2,1H3. The number of hydrogen-bond acceptors (Lipinski definition) is 4. The lowest BCUT2D eigenvalue weighted by Gasteiger charge is -2.14. The number of fused-ring (bicyclic) bond motifs is 3. The minimum absolute atomic E-state index is 0.209. The number of esters is 1. The Balaban J connectivity index is 2.04. The van der Waals surface area contributed by atoms with E-state index in [1.54, 1.807) is 0 Å². The zero-order chi connectivity index (χ0) is 12.5. The highest BCUT2D eigenvalue weighted by atomic mass is 32.2. The Hall–Kier alpha value is -1.26. The predicted octanol–water partition coefficient (Wildman–Crippen LogP) is 4.20. The molecule has 0 N–H and O–H groups in total. The first kappa shape index (κ1) is 11.8. The van der Waals surface area contributed by atoms with E-state index in [9.17, 15) is 4.79 Å². The molecule has 0 fully saturated rings. The maximum Gasteiger partial charge on any atom is 0.348 e. The number of benzene rings is 1. The van der Waals surface area contributed by atoms with Crippen molar-refractivity contribution in [3.8, 4) is 10.4 Å². The average Bonchev–Trinajstić information content (AvgIpc) is 2.83. The first-order chi connectivity index (χ1) is 8.79. The Morgan fingerprint density at radius 3 is 3.06 bits per heavy atom. The summed E-state index contributed by atoms with van der Waals surface area (Å²) < 4.78 is 5.06. The molecule has 0 radical (unpaired) electrons. The quantitative estimate of drug-likeness (QED) is 0.769.